The highest BCUT2D eigenvalue weighted by atomic mass is 32.1. The average molecular weight is 303 g/mol. The van der Waals surface area contributed by atoms with E-state index in [-0.39, 0.29) is 5.91 Å². The summed E-state index contributed by atoms with van der Waals surface area (Å²) in [5.74, 6) is 0.725. The first-order valence-corrected chi connectivity index (χ1v) is 8.14. The van der Waals surface area contributed by atoms with Crippen molar-refractivity contribution >= 4 is 17.2 Å². The van der Waals surface area contributed by atoms with Crippen molar-refractivity contribution in [1.29, 1.82) is 0 Å². The van der Waals surface area contributed by atoms with Gasteiger partial charge in [-0.3, -0.25) is 9.78 Å². The van der Waals surface area contributed by atoms with Gasteiger partial charge in [-0.15, -0.1) is 11.3 Å². The second-order valence-corrected chi connectivity index (χ2v) is 6.34. The van der Waals surface area contributed by atoms with E-state index in [1.165, 1.54) is 0 Å². The van der Waals surface area contributed by atoms with E-state index < -0.39 is 0 Å². The summed E-state index contributed by atoms with van der Waals surface area (Å²) in [5.41, 5.74) is 2.02. The first-order valence-electron chi connectivity index (χ1n) is 7.26. The molecule has 0 aromatic carbocycles. The molecule has 4 nitrogen and oxygen atoms in total. The number of hydrogen-bond donors (Lipinski definition) is 1. The topological polar surface area (TPSA) is 54.9 Å². The molecule has 2 rings (SSSR count). The Labute approximate surface area is 129 Å². The zero-order chi connectivity index (χ0) is 15.1. The molecule has 0 aliphatic carbocycles. The third-order valence-electron chi connectivity index (χ3n) is 3.14. The minimum Gasteiger partial charge on any atom is -0.356 e. The lowest BCUT2D eigenvalue weighted by molar-refractivity contribution is -0.121. The van der Waals surface area contributed by atoms with Crippen LogP contribution < -0.4 is 5.32 Å². The molecule has 0 fully saturated rings. The summed E-state index contributed by atoms with van der Waals surface area (Å²) in [6.07, 6.45) is 5.74. The minimum atomic E-state index is 0.108. The molecule has 0 spiro atoms. The molecule has 0 saturated heterocycles. The Morgan fingerprint density at radius 2 is 2.10 bits per heavy atom. The van der Waals surface area contributed by atoms with Crippen molar-refractivity contribution in [2.45, 2.75) is 33.1 Å². The van der Waals surface area contributed by atoms with E-state index in [1.54, 1.807) is 23.7 Å². The third-order valence-corrected chi connectivity index (χ3v) is 4.05. The van der Waals surface area contributed by atoms with Crippen LogP contribution in [-0.2, 0) is 11.2 Å². The number of carbonyl (C=O) groups excluding carboxylic acids is 1. The van der Waals surface area contributed by atoms with Gasteiger partial charge in [0.05, 0.1) is 10.7 Å². The second kappa shape index (κ2) is 7.88. The van der Waals surface area contributed by atoms with Gasteiger partial charge in [-0.05, 0) is 24.5 Å². The number of hydrogen-bond acceptors (Lipinski definition) is 4. The summed E-state index contributed by atoms with van der Waals surface area (Å²) in [6.45, 7) is 5.07. The fourth-order valence-corrected chi connectivity index (χ4v) is 2.70. The predicted octanol–water partition coefficient (Wildman–Crippen LogP) is 3.30. The van der Waals surface area contributed by atoms with Crippen LogP contribution >= 0.6 is 11.3 Å². The van der Waals surface area contributed by atoms with E-state index in [9.17, 15) is 4.79 Å². The van der Waals surface area contributed by atoms with Crippen LogP contribution in [0.15, 0.2) is 29.9 Å². The Hall–Kier alpha value is -1.75. The Morgan fingerprint density at radius 1 is 1.33 bits per heavy atom. The fourth-order valence-electron chi connectivity index (χ4n) is 1.89. The van der Waals surface area contributed by atoms with E-state index >= 15 is 0 Å². The molecule has 1 N–H and O–H groups in total. The van der Waals surface area contributed by atoms with Crippen LogP contribution in [0.2, 0.25) is 0 Å². The Kier molecular flexibility index (Phi) is 5.87. The Morgan fingerprint density at radius 3 is 2.81 bits per heavy atom. The highest BCUT2D eigenvalue weighted by molar-refractivity contribution is 7.09. The zero-order valence-electron chi connectivity index (χ0n) is 12.5. The van der Waals surface area contributed by atoms with Gasteiger partial charge >= 0.3 is 0 Å². The number of pyridine rings is 1. The lowest BCUT2D eigenvalue weighted by atomic mass is 10.1. The molecule has 0 aliphatic rings. The molecule has 2 heterocycles. The Bertz CT molecular complexity index is 566. The maximum Gasteiger partial charge on any atom is 0.220 e. The second-order valence-electron chi connectivity index (χ2n) is 5.39. The minimum absolute atomic E-state index is 0.108. The monoisotopic (exact) mass is 303 g/mol. The molecule has 0 saturated carbocycles. The molecular formula is C16H21N3OS. The summed E-state index contributed by atoms with van der Waals surface area (Å²) in [5, 5.41) is 5.98. The van der Waals surface area contributed by atoms with Gasteiger partial charge < -0.3 is 5.32 Å². The number of thiazole rings is 1. The molecular weight excluding hydrogens is 282 g/mol. The largest absolute Gasteiger partial charge is 0.356 e. The van der Waals surface area contributed by atoms with Crippen LogP contribution in [0.4, 0.5) is 0 Å². The third kappa shape index (κ3) is 5.27. The summed E-state index contributed by atoms with van der Waals surface area (Å²) < 4.78 is 0. The molecule has 1 amide bonds. The molecule has 0 radical (unpaired) electrons. The van der Waals surface area contributed by atoms with E-state index in [0.29, 0.717) is 18.8 Å². The number of aromatic nitrogens is 2. The van der Waals surface area contributed by atoms with Crippen LogP contribution in [0.25, 0.3) is 11.3 Å². The molecule has 0 atom stereocenters. The smallest absolute Gasteiger partial charge is 0.220 e. The maximum atomic E-state index is 11.7. The summed E-state index contributed by atoms with van der Waals surface area (Å²) in [4.78, 5) is 20.3. The van der Waals surface area contributed by atoms with Crippen LogP contribution in [0.3, 0.4) is 0 Å². The van der Waals surface area contributed by atoms with Crippen molar-refractivity contribution < 1.29 is 4.79 Å². The Balaban J connectivity index is 1.79. The van der Waals surface area contributed by atoms with Crippen LogP contribution in [0.5, 0.6) is 0 Å². The lowest BCUT2D eigenvalue weighted by Crippen LogP contribution is -2.25. The number of nitrogens with one attached hydrogen (secondary N) is 1. The fraction of sp³-hybridized carbons (Fsp3) is 0.438. The van der Waals surface area contributed by atoms with E-state index in [0.717, 1.165) is 29.2 Å². The molecule has 0 aliphatic heterocycles. The van der Waals surface area contributed by atoms with Gasteiger partial charge in [0.15, 0.2) is 0 Å². The van der Waals surface area contributed by atoms with Gasteiger partial charge in [-0.1, -0.05) is 13.8 Å². The van der Waals surface area contributed by atoms with Gasteiger partial charge in [0.2, 0.25) is 5.91 Å². The standard InChI is InChI=1S/C16H21N3OS/c1-12(2)5-10-18-15(20)3-4-16-19-14(11-21-16)13-6-8-17-9-7-13/h6-9,11-12H,3-5,10H2,1-2H3,(H,18,20). The van der Waals surface area contributed by atoms with Crippen molar-refractivity contribution in [3.63, 3.8) is 0 Å². The summed E-state index contributed by atoms with van der Waals surface area (Å²) in [7, 11) is 0. The van der Waals surface area contributed by atoms with Crippen molar-refractivity contribution in [2.75, 3.05) is 6.54 Å². The molecule has 2 aromatic rings. The molecule has 0 bridgehead atoms. The normalized spacial score (nSPS) is 10.8. The molecule has 5 heteroatoms. The van der Waals surface area contributed by atoms with Crippen molar-refractivity contribution in [2.24, 2.45) is 5.92 Å². The van der Waals surface area contributed by atoms with Gasteiger partial charge in [-0.2, -0.15) is 0 Å². The number of nitrogens with zero attached hydrogens (tertiary/aromatic N) is 2. The van der Waals surface area contributed by atoms with Gasteiger partial charge in [-0.25, -0.2) is 4.98 Å². The molecule has 21 heavy (non-hydrogen) atoms. The van der Waals surface area contributed by atoms with Crippen LogP contribution in [-0.4, -0.2) is 22.4 Å². The van der Waals surface area contributed by atoms with Gasteiger partial charge in [0.25, 0.3) is 0 Å². The van der Waals surface area contributed by atoms with Crippen LogP contribution in [0.1, 0.15) is 31.7 Å². The summed E-state index contributed by atoms with van der Waals surface area (Å²) >= 11 is 1.60. The van der Waals surface area contributed by atoms with E-state index in [4.69, 9.17) is 0 Å². The molecule has 2 aromatic heterocycles. The highest BCUT2D eigenvalue weighted by Gasteiger charge is 2.07. The molecule has 0 unspecified atom stereocenters. The number of amides is 1. The van der Waals surface area contributed by atoms with Gasteiger partial charge in [0.1, 0.15) is 0 Å². The molecule has 112 valence electrons. The predicted molar refractivity (Wildman–Crippen MR) is 86.1 cm³/mol. The first kappa shape index (κ1) is 15.6. The van der Waals surface area contributed by atoms with Crippen LogP contribution in [0, 0.1) is 5.92 Å². The SMILES string of the molecule is CC(C)CCNC(=O)CCc1nc(-c2ccncc2)cs1. The first-order chi connectivity index (χ1) is 10.1. The van der Waals surface area contributed by atoms with E-state index in [2.05, 4.69) is 29.1 Å². The number of carbonyl (C=O) groups is 1. The number of rotatable bonds is 7. The average Bonchev–Trinajstić information content (AvgIpc) is 2.94. The summed E-state index contributed by atoms with van der Waals surface area (Å²) in [6, 6.07) is 3.88. The van der Waals surface area contributed by atoms with E-state index in [1.807, 2.05) is 17.5 Å². The van der Waals surface area contributed by atoms with Crippen molar-refractivity contribution in [1.82, 2.24) is 15.3 Å². The number of aryl methyl sites for hydroxylation is 1. The lowest BCUT2D eigenvalue weighted by Gasteiger charge is -2.06. The van der Waals surface area contributed by atoms with Crippen molar-refractivity contribution in [3.8, 4) is 11.3 Å². The zero-order valence-corrected chi connectivity index (χ0v) is 13.3. The van der Waals surface area contributed by atoms with Gasteiger partial charge in [0, 0.05) is 42.7 Å². The quantitative estimate of drug-likeness (QED) is 0.854. The van der Waals surface area contributed by atoms with Crippen molar-refractivity contribution in [3.05, 3.63) is 34.9 Å². The highest BCUT2D eigenvalue weighted by Crippen LogP contribution is 2.21. The maximum absolute atomic E-state index is 11.7.